The SMILES string of the molecule is CC(=Cc1c(-c2ccncc2)n[nH]c1C)C(=O)NC1CC(C)C=[N+](Cc2ccc#cc2F)C1. The molecular formula is C26H27FN5O+. The molecule has 2 aromatic heterocycles. The summed E-state index contributed by atoms with van der Waals surface area (Å²) < 4.78 is 16.1. The fourth-order valence-electron chi connectivity index (χ4n) is 4.18. The number of rotatable bonds is 6. The van der Waals surface area contributed by atoms with Gasteiger partial charge in [0, 0.05) is 40.7 Å². The third-order valence-electron chi connectivity index (χ3n) is 5.78. The fraction of sp³-hybridized carbons (Fsp3) is 0.308. The topological polar surface area (TPSA) is 73.7 Å². The van der Waals surface area contributed by atoms with Crippen molar-refractivity contribution in [2.75, 3.05) is 6.54 Å². The number of halogens is 1. The zero-order valence-corrected chi connectivity index (χ0v) is 19.0. The van der Waals surface area contributed by atoms with E-state index < -0.39 is 0 Å². The van der Waals surface area contributed by atoms with Gasteiger partial charge in [-0.1, -0.05) is 13.0 Å². The highest BCUT2D eigenvalue weighted by atomic mass is 19.1. The van der Waals surface area contributed by atoms with Crippen LogP contribution in [0.4, 0.5) is 4.39 Å². The van der Waals surface area contributed by atoms with E-state index in [0.29, 0.717) is 24.2 Å². The summed E-state index contributed by atoms with van der Waals surface area (Å²) in [6.07, 6.45) is 8.25. The molecule has 0 spiro atoms. The molecular weight excluding hydrogens is 417 g/mol. The Labute approximate surface area is 193 Å². The van der Waals surface area contributed by atoms with Gasteiger partial charge >= 0.3 is 0 Å². The number of carbonyl (C=O) groups excluding carboxylic acids is 1. The van der Waals surface area contributed by atoms with E-state index in [9.17, 15) is 9.18 Å². The number of pyridine rings is 1. The molecule has 0 aliphatic carbocycles. The molecule has 1 amide bonds. The molecule has 0 radical (unpaired) electrons. The summed E-state index contributed by atoms with van der Waals surface area (Å²) in [5.41, 5.74) is 4.66. The van der Waals surface area contributed by atoms with Crippen LogP contribution in [-0.4, -0.2) is 44.5 Å². The molecule has 2 atom stereocenters. The molecule has 2 N–H and O–H groups in total. The first-order chi connectivity index (χ1) is 15.9. The van der Waals surface area contributed by atoms with Crippen LogP contribution in [0.25, 0.3) is 17.3 Å². The van der Waals surface area contributed by atoms with Gasteiger partial charge < -0.3 is 5.32 Å². The second-order valence-electron chi connectivity index (χ2n) is 8.58. The second kappa shape index (κ2) is 9.78. The van der Waals surface area contributed by atoms with Crippen molar-refractivity contribution in [1.29, 1.82) is 0 Å². The van der Waals surface area contributed by atoms with Gasteiger partial charge in [-0.15, -0.1) is 0 Å². The van der Waals surface area contributed by atoms with Crippen LogP contribution in [0.5, 0.6) is 0 Å². The number of nitrogens with zero attached hydrogens (tertiary/aromatic N) is 3. The molecule has 0 saturated heterocycles. The molecule has 1 aliphatic rings. The quantitative estimate of drug-likeness (QED) is 0.449. The third-order valence-corrected chi connectivity index (χ3v) is 5.78. The first kappa shape index (κ1) is 22.4. The van der Waals surface area contributed by atoms with Crippen molar-refractivity contribution in [3.63, 3.8) is 0 Å². The molecule has 0 bridgehead atoms. The van der Waals surface area contributed by atoms with Crippen LogP contribution >= 0.6 is 0 Å². The van der Waals surface area contributed by atoms with E-state index >= 15 is 0 Å². The van der Waals surface area contributed by atoms with Crippen molar-refractivity contribution in [3.8, 4) is 11.3 Å². The number of H-pyrrole nitrogens is 1. The Morgan fingerprint density at radius 2 is 2.15 bits per heavy atom. The highest BCUT2D eigenvalue weighted by Gasteiger charge is 2.27. The summed E-state index contributed by atoms with van der Waals surface area (Å²) in [5, 5.41) is 10.6. The normalized spacial score (nSPS) is 18.4. The van der Waals surface area contributed by atoms with Crippen molar-refractivity contribution in [2.45, 2.75) is 39.8 Å². The van der Waals surface area contributed by atoms with Crippen molar-refractivity contribution in [3.05, 3.63) is 77.0 Å². The van der Waals surface area contributed by atoms with Gasteiger partial charge in [-0.3, -0.25) is 14.9 Å². The predicted molar refractivity (Wildman–Crippen MR) is 125 cm³/mol. The van der Waals surface area contributed by atoms with Crippen LogP contribution < -0.4 is 5.32 Å². The first-order valence-corrected chi connectivity index (χ1v) is 11.0. The number of aromatic amines is 1. The largest absolute Gasteiger partial charge is 0.343 e. The van der Waals surface area contributed by atoms with Crippen LogP contribution in [0.1, 0.15) is 37.1 Å². The first-order valence-electron chi connectivity index (χ1n) is 11.0. The Morgan fingerprint density at radius 1 is 1.36 bits per heavy atom. The van der Waals surface area contributed by atoms with E-state index in [1.54, 1.807) is 31.5 Å². The Bertz CT molecular complexity index is 1200. The lowest BCUT2D eigenvalue weighted by atomic mass is 9.98. The van der Waals surface area contributed by atoms with E-state index in [1.807, 2.05) is 25.1 Å². The van der Waals surface area contributed by atoms with Crippen molar-refractivity contribution >= 4 is 18.2 Å². The van der Waals surface area contributed by atoms with E-state index in [2.05, 4.69) is 50.3 Å². The predicted octanol–water partition coefficient (Wildman–Crippen LogP) is 3.73. The van der Waals surface area contributed by atoms with E-state index in [-0.39, 0.29) is 23.7 Å². The number of amides is 1. The molecule has 6 nitrogen and oxygen atoms in total. The zero-order valence-electron chi connectivity index (χ0n) is 19.0. The standard InChI is InChI=1S/C26H26FN5O/c1-17-12-22(16-32(14-17)15-21-6-4-5-7-24(21)27)29-26(33)18(2)13-23-19(3)30-31-25(23)20-8-10-28-11-9-20/h4,6,8-11,13-14,17,22H,12,15-16H2,1-3H3,(H-,28,29,30,31,33)/p+1. The van der Waals surface area contributed by atoms with Gasteiger partial charge in [0.25, 0.3) is 0 Å². The number of aryl methyl sites for hydroxylation is 1. The highest BCUT2D eigenvalue weighted by molar-refractivity contribution is 5.98. The minimum Gasteiger partial charge on any atom is -0.343 e. The van der Waals surface area contributed by atoms with Crippen molar-refractivity contribution < 1.29 is 13.8 Å². The van der Waals surface area contributed by atoms with Crippen LogP contribution in [0.2, 0.25) is 0 Å². The number of hydrogen-bond donors (Lipinski definition) is 2. The zero-order chi connectivity index (χ0) is 23.4. The lowest BCUT2D eigenvalue weighted by molar-refractivity contribution is -0.549. The van der Waals surface area contributed by atoms with Gasteiger partial charge in [-0.25, -0.2) is 4.58 Å². The maximum absolute atomic E-state index is 14.0. The summed E-state index contributed by atoms with van der Waals surface area (Å²) in [6, 6.07) is 12.2. The molecule has 168 valence electrons. The van der Waals surface area contributed by atoms with E-state index in [4.69, 9.17) is 0 Å². The molecule has 1 aliphatic heterocycles. The number of nitrogens with one attached hydrogen (secondary N) is 2. The number of hydrogen-bond acceptors (Lipinski definition) is 3. The molecule has 33 heavy (non-hydrogen) atoms. The average Bonchev–Trinajstić information content (AvgIpc) is 3.15. The molecule has 0 fully saturated rings. The van der Waals surface area contributed by atoms with Crippen molar-refractivity contribution in [2.24, 2.45) is 5.92 Å². The monoisotopic (exact) mass is 444 g/mol. The Kier molecular flexibility index (Phi) is 6.64. The Morgan fingerprint density at radius 3 is 2.91 bits per heavy atom. The van der Waals surface area contributed by atoms with Crippen molar-refractivity contribution in [1.82, 2.24) is 20.5 Å². The summed E-state index contributed by atoms with van der Waals surface area (Å²) in [4.78, 5) is 17.1. The summed E-state index contributed by atoms with van der Waals surface area (Å²) in [6.45, 7) is 6.90. The highest BCUT2D eigenvalue weighted by Crippen LogP contribution is 2.25. The molecule has 7 heteroatoms. The molecule has 3 aromatic rings. The summed E-state index contributed by atoms with van der Waals surface area (Å²) >= 11 is 0. The minimum atomic E-state index is -0.385. The van der Waals surface area contributed by atoms with Crippen LogP contribution in [0.3, 0.4) is 0 Å². The van der Waals surface area contributed by atoms with E-state index in [1.165, 1.54) is 0 Å². The summed E-state index contributed by atoms with van der Waals surface area (Å²) in [5.74, 6) is -0.238. The molecule has 0 saturated carbocycles. The van der Waals surface area contributed by atoms with Gasteiger partial charge in [0.05, 0.1) is 17.3 Å². The molecule has 3 heterocycles. The minimum absolute atomic E-state index is 0.0340. The number of carbonyl (C=O) groups is 1. The molecule has 4 rings (SSSR count). The van der Waals surface area contributed by atoms with Crippen LogP contribution in [0.15, 0.2) is 42.2 Å². The van der Waals surface area contributed by atoms with Gasteiger partial charge in [0.2, 0.25) is 5.91 Å². The molecule has 2 unspecified atom stereocenters. The van der Waals surface area contributed by atoms with Gasteiger partial charge in [-0.2, -0.15) is 9.49 Å². The average molecular weight is 445 g/mol. The van der Waals surface area contributed by atoms with E-state index in [0.717, 1.165) is 28.9 Å². The fourth-order valence-corrected chi connectivity index (χ4v) is 4.18. The lowest BCUT2D eigenvalue weighted by Gasteiger charge is -2.24. The smallest absolute Gasteiger partial charge is 0.247 e. The summed E-state index contributed by atoms with van der Waals surface area (Å²) in [7, 11) is 0. The Balaban J connectivity index is 1.46. The third kappa shape index (κ3) is 5.35. The van der Waals surface area contributed by atoms with Gasteiger partial charge in [-0.05, 0) is 56.7 Å². The maximum atomic E-state index is 14.0. The van der Waals surface area contributed by atoms with Gasteiger partial charge in [0.15, 0.2) is 18.9 Å². The Hall–Kier alpha value is -3.79. The molecule has 1 aromatic carbocycles. The van der Waals surface area contributed by atoms with Crippen LogP contribution in [-0.2, 0) is 11.3 Å². The lowest BCUT2D eigenvalue weighted by Crippen LogP contribution is -2.45. The van der Waals surface area contributed by atoms with Gasteiger partial charge in [0.1, 0.15) is 6.21 Å². The second-order valence-corrected chi connectivity index (χ2v) is 8.58. The maximum Gasteiger partial charge on any atom is 0.247 e. The number of aromatic nitrogens is 3. The van der Waals surface area contributed by atoms with Crippen LogP contribution in [0, 0.1) is 30.8 Å².